The summed E-state index contributed by atoms with van der Waals surface area (Å²) in [7, 11) is 0. The Morgan fingerprint density at radius 1 is 1.14 bits per heavy atom. The van der Waals surface area contributed by atoms with Crippen LogP contribution in [0.4, 0.5) is 26.3 Å². The van der Waals surface area contributed by atoms with Crippen molar-refractivity contribution in [3.63, 3.8) is 0 Å². The van der Waals surface area contributed by atoms with Gasteiger partial charge in [-0.15, -0.1) is 0 Å². The monoisotopic (exact) mass is 523 g/mol. The van der Waals surface area contributed by atoms with Crippen LogP contribution in [0, 0.1) is 11.3 Å². The maximum atomic E-state index is 13.8. The predicted octanol–water partition coefficient (Wildman–Crippen LogP) is 3.20. The lowest BCUT2D eigenvalue weighted by atomic mass is 9.85. The lowest BCUT2D eigenvalue weighted by Crippen LogP contribution is -2.60. The van der Waals surface area contributed by atoms with Crippen molar-refractivity contribution in [3.8, 4) is 0 Å². The van der Waals surface area contributed by atoms with E-state index in [1.54, 1.807) is 4.57 Å². The Hall–Kier alpha value is -1.86. The minimum Gasteiger partial charge on any atom is -0.380 e. The Kier molecular flexibility index (Phi) is 6.35. The number of carbonyl (C=O) groups excluding carboxylic acids is 1. The van der Waals surface area contributed by atoms with Gasteiger partial charge in [-0.25, -0.2) is 4.98 Å². The highest BCUT2D eigenvalue weighted by atomic mass is 19.4. The summed E-state index contributed by atoms with van der Waals surface area (Å²) in [6.07, 6.45) is -9.18. The number of nitrogens with one attached hydrogen (secondary N) is 1. The van der Waals surface area contributed by atoms with Gasteiger partial charge in [0.2, 0.25) is 0 Å². The van der Waals surface area contributed by atoms with Gasteiger partial charge in [-0.3, -0.25) is 9.69 Å². The molecule has 3 fully saturated rings. The number of ether oxygens (including phenoxy) is 1. The van der Waals surface area contributed by atoms with E-state index in [9.17, 15) is 31.1 Å². The number of imidazole rings is 1. The normalized spacial score (nSPS) is 26.3. The number of likely N-dealkylation sites (tertiary alicyclic amines) is 1. The van der Waals surface area contributed by atoms with Crippen LogP contribution < -0.4 is 5.32 Å². The number of hydrogen-bond donors (Lipinski definition) is 1. The van der Waals surface area contributed by atoms with Crippen molar-refractivity contribution < 1.29 is 35.9 Å². The Morgan fingerprint density at radius 2 is 1.81 bits per heavy atom. The second kappa shape index (κ2) is 8.87. The first kappa shape index (κ1) is 25.8. The molecule has 0 aliphatic carbocycles. The SMILES string of the molecule is CC1(CN2CCn3cc(C(=O)N4C(C(C(F)(F)F)C(F)(F)F)CCC45CCNCC5)nc3C2)COC1. The highest BCUT2D eigenvalue weighted by Crippen LogP contribution is 2.51. The van der Waals surface area contributed by atoms with E-state index in [0.717, 1.165) is 11.4 Å². The van der Waals surface area contributed by atoms with Crippen LogP contribution in [0.3, 0.4) is 0 Å². The van der Waals surface area contributed by atoms with Gasteiger partial charge in [-0.05, 0) is 38.8 Å². The number of alkyl halides is 6. The molecule has 1 unspecified atom stereocenters. The number of nitrogens with zero attached hydrogens (tertiary/aromatic N) is 4. The highest BCUT2D eigenvalue weighted by Gasteiger charge is 2.66. The molecule has 5 rings (SSSR count). The maximum absolute atomic E-state index is 13.8. The first-order chi connectivity index (χ1) is 16.8. The molecule has 0 saturated carbocycles. The molecule has 13 heteroatoms. The summed E-state index contributed by atoms with van der Waals surface area (Å²) < 4.78 is 89.6. The Labute approximate surface area is 205 Å². The Morgan fingerprint density at radius 3 is 2.39 bits per heavy atom. The number of hydrogen-bond acceptors (Lipinski definition) is 5. The number of aromatic nitrogens is 2. The molecule has 1 N–H and O–H groups in total. The van der Waals surface area contributed by atoms with Crippen LogP contribution in [0.2, 0.25) is 0 Å². The van der Waals surface area contributed by atoms with Crippen LogP contribution in [0.25, 0.3) is 0 Å². The second-order valence-corrected chi connectivity index (χ2v) is 11.1. The average molecular weight is 524 g/mol. The van der Waals surface area contributed by atoms with Gasteiger partial charge in [0, 0.05) is 36.8 Å². The quantitative estimate of drug-likeness (QED) is 0.615. The summed E-state index contributed by atoms with van der Waals surface area (Å²) in [6.45, 7) is 6.78. The van der Waals surface area contributed by atoms with Gasteiger partial charge in [0.25, 0.3) is 5.91 Å². The molecule has 1 spiro atoms. The molecule has 202 valence electrons. The number of fused-ring (bicyclic) bond motifs is 1. The van der Waals surface area contributed by atoms with E-state index in [0.29, 0.717) is 64.6 Å². The molecule has 0 radical (unpaired) electrons. The molecule has 36 heavy (non-hydrogen) atoms. The van der Waals surface area contributed by atoms with Gasteiger partial charge >= 0.3 is 12.4 Å². The number of rotatable bonds is 4. The summed E-state index contributed by atoms with van der Waals surface area (Å²) in [6, 6.07) is -2.01. The van der Waals surface area contributed by atoms with Crippen LogP contribution in [0.5, 0.6) is 0 Å². The molecule has 0 aromatic carbocycles. The average Bonchev–Trinajstić information content (AvgIpc) is 3.32. The van der Waals surface area contributed by atoms with Gasteiger partial charge in [-0.1, -0.05) is 6.92 Å². The molecule has 1 amide bonds. The van der Waals surface area contributed by atoms with Gasteiger partial charge in [0.15, 0.2) is 5.92 Å². The minimum atomic E-state index is -5.52. The molecular formula is C23H31F6N5O2. The maximum Gasteiger partial charge on any atom is 0.402 e. The topological polar surface area (TPSA) is 62.6 Å². The standard InChI is InChI=1S/C23H31F6N5O2/c1-20(13-36-14-20)12-32-8-9-33-10-15(31-17(33)11-32)19(35)34-16(18(22(24,25)26)23(27,28)29)2-3-21(34)4-6-30-7-5-21/h10,16,18,30H,2-9,11-14H2,1H3. The van der Waals surface area contributed by atoms with E-state index in [1.165, 1.54) is 6.20 Å². The third-order valence-electron chi connectivity index (χ3n) is 8.20. The summed E-state index contributed by atoms with van der Waals surface area (Å²) >= 11 is 0. The minimum absolute atomic E-state index is 0.0434. The molecule has 0 bridgehead atoms. The van der Waals surface area contributed by atoms with E-state index in [4.69, 9.17) is 4.74 Å². The molecule has 1 aromatic heterocycles. The Balaban J connectivity index is 1.44. The van der Waals surface area contributed by atoms with Crippen LogP contribution in [-0.4, -0.2) is 88.6 Å². The molecular weight excluding hydrogens is 492 g/mol. The molecule has 7 nitrogen and oxygen atoms in total. The molecule has 3 saturated heterocycles. The van der Waals surface area contributed by atoms with Crippen molar-refractivity contribution in [2.24, 2.45) is 11.3 Å². The zero-order valence-electron chi connectivity index (χ0n) is 20.1. The van der Waals surface area contributed by atoms with E-state index in [-0.39, 0.29) is 24.0 Å². The van der Waals surface area contributed by atoms with E-state index in [2.05, 4.69) is 22.1 Å². The fourth-order valence-electron chi connectivity index (χ4n) is 6.45. The number of piperidine rings is 1. The number of carbonyl (C=O) groups is 1. The second-order valence-electron chi connectivity index (χ2n) is 11.1. The van der Waals surface area contributed by atoms with Crippen LogP contribution in [-0.2, 0) is 17.8 Å². The third-order valence-corrected chi connectivity index (χ3v) is 8.20. The van der Waals surface area contributed by atoms with Crippen molar-refractivity contribution in [1.82, 2.24) is 24.7 Å². The highest BCUT2D eigenvalue weighted by molar-refractivity contribution is 5.93. The van der Waals surface area contributed by atoms with E-state index >= 15 is 0 Å². The number of amides is 1. The fourth-order valence-corrected chi connectivity index (χ4v) is 6.45. The largest absolute Gasteiger partial charge is 0.402 e. The van der Waals surface area contributed by atoms with Crippen LogP contribution >= 0.6 is 0 Å². The van der Waals surface area contributed by atoms with Gasteiger partial charge in [0.1, 0.15) is 11.5 Å². The van der Waals surface area contributed by atoms with Gasteiger partial charge < -0.3 is 19.5 Å². The summed E-state index contributed by atoms with van der Waals surface area (Å²) in [5, 5.41) is 3.10. The van der Waals surface area contributed by atoms with Crippen LogP contribution in [0.1, 0.15) is 48.9 Å². The van der Waals surface area contributed by atoms with Crippen molar-refractivity contribution in [1.29, 1.82) is 0 Å². The Bertz CT molecular complexity index is 969. The summed E-state index contributed by atoms with van der Waals surface area (Å²) in [5.74, 6) is -3.85. The summed E-state index contributed by atoms with van der Waals surface area (Å²) in [5.41, 5.74) is -1.09. The van der Waals surface area contributed by atoms with E-state index in [1.807, 2.05) is 0 Å². The predicted molar refractivity (Wildman–Crippen MR) is 116 cm³/mol. The zero-order valence-corrected chi connectivity index (χ0v) is 20.1. The third kappa shape index (κ3) is 4.62. The summed E-state index contributed by atoms with van der Waals surface area (Å²) in [4.78, 5) is 21.3. The van der Waals surface area contributed by atoms with Gasteiger partial charge in [0.05, 0.1) is 25.8 Å². The van der Waals surface area contributed by atoms with Crippen molar-refractivity contribution >= 4 is 5.91 Å². The lowest BCUT2D eigenvalue weighted by molar-refractivity contribution is -0.297. The number of halogens is 6. The smallest absolute Gasteiger partial charge is 0.380 e. The fraction of sp³-hybridized carbons (Fsp3) is 0.826. The first-order valence-corrected chi connectivity index (χ1v) is 12.4. The van der Waals surface area contributed by atoms with Crippen molar-refractivity contribution in [3.05, 3.63) is 17.7 Å². The molecule has 1 aromatic rings. The molecule has 5 heterocycles. The first-order valence-electron chi connectivity index (χ1n) is 12.4. The van der Waals surface area contributed by atoms with Crippen molar-refractivity contribution in [2.75, 3.05) is 39.4 Å². The lowest BCUT2D eigenvalue weighted by Gasteiger charge is -2.45. The van der Waals surface area contributed by atoms with E-state index < -0.39 is 35.8 Å². The van der Waals surface area contributed by atoms with Crippen molar-refractivity contribution in [2.45, 2.75) is 69.6 Å². The molecule has 4 aliphatic rings. The molecule has 1 atom stereocenters. The van der Waals surface area contributed by atoms with Gasteiger partial charge in [-0.2, -0.15) is 26.3 Å². The van der Waals surface area contributed by atoms with Crippen LogP contribution in [0.15, 0.2) is 6.20 Å². The molecule has 4 aliphatic heterocycles. The zero-order chi connectivity index (χ0) is 25.9.